The van der Waals surface area contributed by atoms with E-state index in [-0.39, 0.29) is 5.60 Å². The maximum absolute atomic E-state index is 5.62. The molecule has 1 aliphatic rings. The van der Waals surface area contributed by atoms with Crippen molar-refractivity contribution < 1.29 is 9.47 Å². The molecule has 1 unspecified atom stereocenters. The predicted octanol–water partition coefficient (Wildman–Crippen LogP) is 2.50. The highest BCUT2D eigenvalue weighted by molar-refractivity contribution is 4.94. The summed E-state index contributed by atoms with van der Waals surface area (Å²) in [4.78, 5) is 0. The molecule has 70 valence electrons. The smallest absolute Gasteiger partial charge is 0.0916 e. The first kappa shape index (κ1) is 9.59. The highest BCUT2D eigenvalue weighted by Gasteiger charge is 2.30. The molecule has 1 rings (SSSR count). The van der Waals surface area contributed by atoms with Gasteiger partial charge in [-0.15, -0.1) is 0 Å². The first-order valence-corrected chi connectivity index (χ1v) is 4.61. The van der Waals surface area contributed by atoms with Crippen molar-refractivity contribution in [2.45, 2.75) is 38.7 Å². The van der Waals surface area contributed by atoms with E-state index in [2.05, 4.69) is 13.5 Å². The van der Waals surface area contributed by atoms with Crippen LogP contribution in [0.3, 0.4) is 0 Å². The van der Waals surface area contributed by atoms with Crippen LogP contribution in [0.1, 0.15) is 33.1 Å². The predicted molar refractivity (Wildman–Crippen MR) is 49.0 cm³/mol. The minimum atomic E-state index is -0.00769. The molecule has 0 N–H and O–H groups in total. The molecule has 1 fully saturated rings. The van der Waals surface area contributed by atoms with Gasteiger partial charge in [-0.25, -0.2) is 0 Å². The molecule has 0 aliphatic carbocycles. The lowest BCUT2D eigenvalue weighted by Gasteiger charge is -2.23. The highest BCUT2D eigenvalue weighted by Crippen LogP contribution is 2.30. The Bertz CT molecular complexity index is 157. The summed E-state index contributed by atoms with van der Waals surface area (Å²) in [7, 11) is 0. The van der Waals surface area contributed by atoms with Crippen molar-refractivity contribution in [3.05, 3.63) is 12.3 Å². The van der Waals surface area contributed by atoms with Crippen LogP contribution in [0.4, 0.5) is 0 Å². The first-order chi connectivity index (χ1) is 5.66. The molecule has 2 heteroatoms. The summed E-state index contributed by atoms with van der Waals surface area (Å²) in [6, 6.07) is 0. The second kappa shape index (κ2) is 3.94. The topological polar surface area (TPSA) is 18.5 Å². The third-order valence-electron chi connectivity index (χ3n) is 2.22. The largest absolute Gasteiger partial charge is 0.499 e. The number of rotatable bonds is 4. The van der Waals surface area contributed by atoms with Gasteiger partial charge in [-0.1, -0.05) is 6.58 Å². The molecule has 0 spiro atoms. The average Bonchev–Trinajstić information content (AvgIpc) is 2.36. The molecule has 0 aromatic carbocycles. The van der Waals surface area contributed by atoms with Gasteiger partial charge >= 0.3 is 0 Å². The molecule has 1 saturated heterocycles. The van der Waals surface area contributed by atoms with Crippen molar-refractivity contribution in [3.63, 3.8) is 0 Å². The lowest BCUT2D eigenvalue weighted by molar-refractivity contribution is 0.00851. The van der Waals surface area contributed by atoms with Crippen LogP contribution in [0.2, 0.25) is 0 Å². The SMILES string of the molecule is C=C(CC1(C)CCCO1)OCC. The molecule has 0 aromatic rings. The minimum absolute atomic E-state index is 0.00769. The maximum Gasteiger partial charge on any atom is 0.0916 e. The van der Waals surface area contributed by atoms with E-state index in [1.165, 1.54) is 0 Å². The fraction of sp³-hybridized carbons (Fsp3) is 0.800. The van der Waals surface area contributed by atoms with Crippen LogP contribution >= 0.6 is 0 Å². The molecule has 2 nitrogen and oxygen atoms in total. The van der Waals surface area contributed by atoms with E-state index in [0.29, 0.717) is 6.61 Å². The minimum Gasteiger partial charge on any atom is -0.499 e. The molecule has 1 aliphatic heterocycles. The fourth-order valence-corrected chi connectivity index (χ4v) is 1.65. The Kier molecular flexibility index (Phi) is 3.15. The zero-order chi connectivity index (χ0) is 9.03. The number of ether oxygens (including phenoxy) is 2. The average molecular weight is 170 g/mol. The van der Waals surface area contributed by atoms with Crippen molar-refractivity contribution >= 4 is 0 Å². The van der Waals surface area contributed by atoms with Crippen LogP contribution in [0.25, 0.3) is 0 Å². The second-order valence-corrected chi connectivity index (χ2v) is 3.55. The van der Waals surface area contributed by atoms with Crippen molar-refractivity contribution in [2.75, 3.05) is 13.2 Å². The fourth-order valence-electron chi connectivity index (χ4n) is 1.65. The van der Waals surface area contributed by atoms with E-state index in [1.807, 2.05) is 6.92 Å². The van der Waals surface area contributed by atoms with E-state index >= 15 is 0 Å². The van der Waals surface area contributed by atoms with Crippen LogP contribution in [0.15, 0.2) is 12.3 Å². The molecule has 0 amide bonds. The molecule has 12 heavy (non-hydrogen) atoms. The lowest BCUT2D eigenvalue weighted by atomic mass is 9.98. The van der Waals surface area contributed by atoms with Crippen LogP contribution in [0, 0.1) is 0 Å². The van der Waals surface area contributed by atoms with Gasteiger partial charge in [0.15, 0.2) is 0 Å². The van der Waals surface area contributed by atoms with Crippen LogP contribution in [0.5, 0.6) is 0 Å². The van der Waals surface area contributed by atoms with Gasteiger partial charge in [-0.2, -0.15) is 0 Å². The third-order valence-corrected chi connectivity index (χ3v) is 2.22. The van der Waals surface area contributed by atoms with E-state index in [4.69, 9.17) is 9.47 Å². The second-order valence-electron chi connectivity index (χ2n) is 3.55. The van der Waals surface area contributed by atoms with Gasteiger partial charge in [0, 0.05) is 13.0 Å². The van der Waals surface area contributed by atoms with E-state index in [0.717, 1.165) is 31.6 Å². The van der Waals surface area contributed by atoms with Gasteiger partial charge < -0.3 is 9.47 Å². The molecule has 1 heterocycles. The van der Waals surface area contributed by atoms with E-state index < -0.39 is 0 Å². The monoisotopic (exact) mass is 170 g/mol. The molecule has 1 atom stereocenters. The lowest BCUT2D eigenvalue weighted by Crippen LogP contribution is -2.23. The van der Waals surface area contributed by atoms with Crippen molar-refractivity contribution in [1.82, 2.24) is 0 Å². The Hall–Kier alpha value is -0.500. The Morgan fingerprint density at radius 2 is 2.42 bits per heavy atom. The standard InChI is InChI=1S/C10H18O2/c1-4-11-9(2)8-10(3)6-5-7-12-10/h2,4-8H2,1,3H3. The van der Waals surface area contributed by atoms with Gasteiger partial charge in [-0.05, 0) is 26.7 Å². The zero-order valence-corrected chi connectivity index (χ0v) is 8.06. The van der Waals surface area contributed by atoms with Crippen LogP contribution in [-0.2, 0) is 9.47 Å². The summed E-state index contributed by atoms with van der Waals surface area (Å²) in [5, 5.41) is 0. The molecular weight excluding hydrogens is 152 g/mol. The van der Waals surface area contributed by atoms with Gasteiger partial charge in [0.25, 0.3) is 0 Å². The quantitative estimate of drug-likeness (QED) is 0.603. The number of hydrogen-bond donors (Lipinski definition) is 0. The normalized spacial score (nSPS) is 28.8. The summed E-state index contributed by atoms with van der Waals surface area (Å²) in [5.74, 6) is 0.849. The third kappa shape index (κ3) is 2.52. The van der Waals surface area contributed by atoms with Gasteiger partial charge in [0.2, 0.25) is 0 Å². The summed E-state index contributed by atoms with van der Waals surface area (Å²) in [5.41, 5.74) is -0.00769. The Morgan fingerprint density at radius 3 is 2.92 bits per heavy atom. The van der Waals surface area contributed by atoms with Crippen LogP contribution in [-0.4, -0.2) is 18.8 Å². The summed E-state index contributed by atoms with van der Waals surface area (Å²) in [6.07, 6.45) is 3.12. The summed E-state index contributed by atoms with van der Waals surface area (Å²) < 4.78 is 10.9. The van der Waals surface area contributed by atoms with Crippen LogP contribution < -0.4 is 0 Å². The van der Waals surface area contributed by atoms with Crippen molar-refractivity contribution in [1.29, 1.82) is 0 Å². The van der Waals surface area contributed by atoms with Crippen molar-refractivity contribution in [2.24, 2.45) is 0 Å². The molecule has 0 radical (unpaired) electrons. The Balaban J connectivity index is 2.33. The van der Waals surface area contributed by atoms with Gasteiger partial charge in [0.05, 0.1) is 18.0 Å². The number of hydrogen-bond acceptors (Lipinski definition) is 2. The van der Waals surface area contributed by atoms with Gasteiger partial charge in [0.1, 0.15) is 0 Å². The molecule has 0 saturated carbocycles. The Morgan fingerprint density at radius 1 is 1.67 bits per heavy atom. The van der Waals surface area contributed by atoms with E-state index in [1.54, 1.807) is 0 Å². The highest BCUT2D eigenvalue weighted by atomic mass is 16.5. The zero-order valence-electron chi connectivity index (χ0n) is 8.06. The summed E-state index contributed by atoms with van der Waals surface area (Å²) in [6.45, 7) is 9.54. The Labute approximate surface area is 74.6 Å². The summed E-state index contributed by atoms with van der Waals surface area (Å²) >= 11 is 0. The molecular formula is C10H18O2. The van der Waals surface area contributed by atoms with E-state index in [9.17, 15) is 0 Å². The molecule has 0 bridgehead atoms. The molecule has 0 aromatic heterocycles. The maximum atomic E-state index is 5.62. The first-order valence-electron chi connectivity index (χ1n) is 4.61. The van der Waals surface area contributed by atoms with Gasteiger partial charge in [-0.3, -0.25) is 0 Å². The van der Waals surface area contributed by atoms with Crippen molar-refractivity contribution in [3.8, 4) is 0 Å².